The molecule has 1 aromatic carbocycles. The van der Waals surface area contributed by atoms with E-state index in [1.54, 1.807) is 33.6 Å². The van der Waals surface area contributed by atoms with E-state index in [4.69, 9.17) is 14.2 Å². The molecule has 6 heteroatoms. The van der Waals surface area contributed by atoms with Gasteiger partial charge >= 0.3 is 0 Å². The van der Waals surface area contributed by atoms with Crippen molar-refractivity contribution in [3.05, 3.63) is 40.6 Å². The van der Waals surface area contributed by atoms with Crippen LogP contribution in [-0.2, 0) is 6.54 Å². The second-order valence-corrected chi connectivity index (χ2v) is 5.05. The molecule has 2 aromatic rings. The van der Waals surface area contributed by atoms with E-state index in [-0.39, 0.29) is 0 Å². The lowest BCUT2D eigenvalue weighted by molar-refractivity contribution is 0.350. The van der Waals surface area contributed by atoms with Crippen molar-refractivity contribution < 1.29 is 14.2 Å². The van der Waals surface area contributed by atoms with Gasteiger partial charge in [-0.2, -0.15) is 0 Å². The highest BCUT2D eigenvalue weighted by Gasteiger charge is 2.11. The fourth-order valence-electron chi connectivity index (χ4n) is 1.93. The zero-order valence-corrected chi connectivity index (χ0v) is 13.7. The Labute approximate surface area is 132 Å². The van der Waals surface area contributed by atoms with Gasteiger partial charge in [0.2, 0.25) is 0 Å². The minimum Gasteiger partial charge on any atom is -0.495 e. The van der Waals surface area contributed by atoms with Crippen molar-refractivity contribution in [1.29, 1.82) is 0 Å². The van der Waals surface area contributed by atoms with Crippen molar-refractivity contribution >= 4 is 21.6 Å². The molecule has 0 saturated carbocycles. The zero-order valence-electron chi connectivity index (χ0n) is 12.1. The third-order valence-electron chi connectivity index (χ3n) is 2.98. The largest absolute Gasteiger partial charge is 0.495 e. The van der Waals surface area contributed by atoms with Gasteiger partial charge in [0, 0.05) is 24.0 Å². The highest BCUT2D eigenvalue weighted by molar-refractivity contribution is 9.10. The first kappa shape index (κ1) is 15.4. The summed E-state index contributed by atoms with van der Waals surface area (Å²) in [5.41, 5.74) is 1.71. The predicted molar refractivity (Wildman–Crippen MR) is 85.4 cm³/mol. The van der Waals surface area contributed by atoms with E-state index < -0.39 is 0 Å². The number of rotatable bonds is 6. The Balaban J connectivity index is 2.16. The van der Waals surface area contributed by atoms with Crippen molar-refractivity contribution in [1.82, 2.24) is 4.98 Å². The number of anilines is 1. The van der Waals surface area contributed by atoms with Gasteiger partial charge in [0.25, 0.3) is 0 Å². The third kappa shape index (κ3) is 3.58. The number of aromatic nitrogens is 1. The molecule has 0 aliphatic heterocycles. The topological polar surface area (TPSA) is 52.6 Å². The lowest BCUT2D eigenvalue weighted by Crippen LogP contribution is -2.05. The van der Waals surface area contributed by atoms with Gasteiger partial charge in [-0.15, -0.1) is 0 Å². The molecule has 21 heavy (non-hydrogen) atoms. The summed E-state index contributed by atoms with van der Waals surface area (Å²) in [6.45, 7) is 0.519. The number of hydrogen-bond donors (Lipinski definition) is 1. The van der Waals surface area contributed by atoms with Crippen LogP contribution in [0.15, 0.2) is 34.9 Å². The first-order valence-corrected chi connectivity index (χ1v) is 7.12. The monoisotopic (exact) mass is 352 g/mol. The second-order valence-electron chi connectivity index (χ2n) is 4.20. The molecule has 2 rings (SSSR count). The fourth-order valence-corrected chi connectivity index (χ4v) is 2.34. The lowest BCUT2D eigenvalue weighted by atomic mass is 10.2. The minimum atomic E-state index is 0.519. The van der Waals surface area contributed by atoms with Crippen LogP contribution in [-0.4, -0.2) is 26.3 Å². The summed E-state index contributed by atoms with van der Waals surface area (Å²) >= 11 is 3.43. The van der Waals surface area contributed by atoms with Gasteiger partial charge in [0.05, 0.1) is 32.3 Å². The van der Waals surface area contributed by atoms with Gasteiger partial charge < -0.3 is 19.5 Å². The highest BCUT2D eigenvalue weighted by Crippen LogP contribution is 2.31. The van der Waals surface area contributed by atoms with Crippen LogP contribution < -0.4 is 19.5 Å². The first-order valence-electron chi connectivity index (χ1n) is 6.33. The Kier molecular flexibility index (Phi) is 5.27. The van der Waals surface area contributed by atoms with Crippen LogP contribution in [0.4, 0.5) is 5.69 Å². The molecule has 0 saturated heterocycles. The van der Waals surface area contributed by atoms with Crippen LogP contribution in [0.5, 0.6) is 17.2 Å². The quantitative estimate of drug-likeness (QED) is 0.862. The number of ether oxygens (including phenoxy) is 3. The summed E-state index contributed by atoms with van der Waals surface area (Å²) in [6.07, 6.45) is 1.69. The number of hydrogen-bond acceptors (Lipinski definition) is 5. The normalized spacial score (nSPS) is 10.1. The number of pyridine rings is 1. The molecule has 0 fully saturated rings. The number of nitrogens with one attached hydrogen (secondary N) is 1. The molecule has 0 bridgehead atoms. The maximum Gasteiger partial charge on any atom is 0.184 e. The van der Waals surface area contributed by atoms with Crippen LogP contribution in [0, 0.1) is 0 Å². The molecule has 0 aliphatic rings. The van der Waals surface area contributed by atoms with Crippen molar-refractivity contribution in [3.63, 3.8) is 0 Å². The maximum absolute atomic E-state index is 5.36. The Morgan fingerprint density at radius 3 is 2.48 bits per heavy atom. The molecule has 5 nitrogen and oxygen atoms in total. The average molecular weight is 353 g/mol. The standard InChI is InChI=1S/C15H17BrN2O3/c1-19-13-6-7-17-12(15(13)21-3)9-18-10-4-5-11(16)14(8-10)20-2/h4-8,18H,9H2,1-3H3. The van der Waals surface area contributed by atoms with Crippen molar-refractivity contribution in [2.75, 3.05) is 26.6 Å². The van der Waals surface area contributed by atoms with Gasteiger partial charge in [0.15, 0.2) is 11.5 Å². The van der Waals surface area contributed by atoms with Gasteiger partial charge in [-0.3, -0.25) is 4.98 Å². The number of benzene rings is 1. The molecule has 1 aromatic heterocycles. The lowest BCUT2D eigenvalue weighted by Gasteiger charge is -2.13. The van der Waals surface area contributed by atoms with E-state index in [2.05, 4.69) is 26.2 Å². The molecular formula is C15H17BrN2O3. The van der Waals surface area contributed by atoms with Gasteiger partial charge in [-0.05, 0) is 28.1 Å². The third-order valence-corrected chi connectivity index (χ3v) is 3.63. The van der Waals surface area contributed by atoms with E-state index in [1.807, 2.05) is 18.2 Å². The molecule has 0 radical (unpaired) electrons. The Morgan fingerprint density at radius 1 is 1.05 bits per heavy atom. The average Bonchev–Trinajstić information content (AvgIpc) is 2.53. The van der Waals surface area contributed by atoms with E-state index in [0.717, 1.165) is 21.6 Å². The number of methoxy groups -OCH3 is 3. The van der Waals surface area contributed by atoms with Crippen molar-refractivity contribution in [2.45, 2.75) is 6.54 Å². The Morgan fingerprint density at radius 2 is 1.81 bits per heavy atom. The first-order chi connectivity index (χ1) is 10.2. The van der Waals surface area contributed by atoms with E-state index in [9.17, 15) is 0 Å². The van der Waals surface area contributed by atoms with Crippen molar-refractivity contribution in [2.24, 2.45) is 0 Å². The summed E-state index contributed by atoms with van der Waals surface area (Å²) in [5.74, 6) is 2.07. The number of halogens is 1. The van der Waals surface area contributed by atoms with Gasteiger partial charge in [-0.25, -0.2) is 0 Å². The van der Waals surface area contributed by atoms with E-state index in [1.165, 1.54) is 0 Å². The molecule has 0 unspecified atom stereocenters. The highest BCUT2D eigenvalue weighted by atomic mass is 79.9. The summed E-state index contributed by atoms with van der Waals surface area (Å²) in [4.78, 5) is 4.33. The minimum absolute atomic E-state index is 0.519. The summed E-state index contributed by atoms with van der Waals surface area (Å²) in [6, 6.07) is 7.57. The molecule has 1 heterocycles. The van der Waals surface area contributed by atoms with E-state index >= 15 is 0 Å². The summed E-state index contributed by atoms with van der Waals surface area (Å²) in [7, 11) is 4.84. The second kappa shape index (κ2) is 7.17. The fraction of sp³-hybridized carbons (Fsp3) is 0.267. The van der Waals surface area contributed by atoms with Crippen molar-refractivity contribution in [3.8, 4) is 17.2 Å². The van der Waals surface area contributed by atoms with Crippen LogP contribution in [0.2, 0.25) is 0 Å². The SMILES string of the molecule is COc1cc(NCc2nccc(OC)c2OC)ccc1Br. The molecule has 1 N–H and O–H groups in total. The van der Waals surface area contributed by atoms with E-state index in [0.29, 0.717) is 18.0 Å². The molecule has 112 valence electrons. The van der Waals surface area contributed by atoms with Crippen LogP contribution in [0.3, 0.4) is 0 Å². The molecular weight excluding hydrogens is 336 g/mol. The molecule has 0 amide bonds. The smallest absolute Gasteiger partial charge is 0.184 e. The van der Waals surface area contributed by atoms with Crippen LogP contribution in [0.25, 0.3) is 0 Å². The van der Waals surface area contributed by atoms with Crippen LogP contribution in [0.1, 0.15) is 5.69 Å². The summed E-state index contributed by atoms with van der Waals surface area (Å²) in [5, 5.41) is 3.29. The van der Waals surface area contributed by atoms with Crippen LogP contribution >= 0.6 is 15.9 Å². The molecule has 0 atom stereocenters. The van der Waals surface area contributed by atoms with Gasteiger partial charge in [0.1, 0.15) is 11.4 Å². The maximum atomic E-state index is 5.36. The predicted octanol–water partition coefficient (Wildman–Crippen LogP) is 3.48. The Bertz CT molecular complexity index is 620. The summed E-state index contributed by atoms with van der Waals surface area (Å²) < 4.78 is 16.8. The Hall–Kier alpha value is -1.95. The molecule has 0 spiro atoms. The van der Waals surface area contributed by atoms with Gasteiger partial charge in [-0.1, -0.05) is 0 Å². The molecule has 0 aliphatic carbocycles. The number of nitrogens with zero attached hydrogens (tertiary/aromatic N) is 1. The zero-order chi connectivity index (χ0) is 15.2.